The normalized spacial score (nSPS) is 24.1. The van der Waals surface area contributed by atoms with Gasteiger partial charge in [-0.05, 0) is 6.08 Å². The Hall–Kier alpha value is -1.89. The highest BCUT2D eigenvalue weighted by atomic mass is 16.8. The zero-order valence-electron chi connectivity index (χ0n) is 7.35. The van der Waals surface area contributed by atoms with Gasteiger partial charge in [-0.25, -0.2) is 0 Å². The summed E-state index contributed by atoms with van der Waals surface area (Å²) in [5.41, 5.74) is 3.70. The Morgan fingerprint density at radius 1 is 1.71 bits per heavy atom. The molecule has 0 aromatic carbocycles. The molecule has 7 heteroatoms. The molecule has 0 saturated heterocycles. The molecule has 0 aromatic heterocycles. The molecule has 0 spiro atoms. The Kier molecular flexibility index (Phi) is 1.93. The SMILES string of the molecule is CNC1=CC=C([N+](=O)[O-])C2NON=C12. The molecule has 0 radical (unpaired) electrons. The number of nitrogens with one attached hydrogen (secondary N) is 2. The number of oxime groups is 1. The van der Waals surface area contributed by atoms with Crippen LogP contribution in [-0.4, -0.2) is 23.7 Å². The van der Waals surface area contributed by atoms with Crippen molar-refractivity contribution in [2.75, 3.05) is 7.05 Å². The van der Waals surface area contributed by atoms with Gasteiger partial charge in [-0.3, -0.25) is 15.1 Å². The highest BCUT2D eigenvalue weighted by molar-refractivity contribution is 6.06. The summed E-state index contributed by atoms with van der Waals surface area (Å²) in [6, 6.07) is -0.586. The van der Waals surface area contributed by atoms with E-state index in [1.54, 1.807) is 13.1 Å². The monoisotopic (exact) mass is 196 g/mol. The van der Waals surface area contributed by atoms with E-state index in [-0.39, 0.29) is 5.70 Å². The van der Waals surface area contributed by atoms with Crippen LogP contribution in [0.4, 0.5) is 0 Å². The van der Waals surface area contributed by atoms with Crippen LogP contribution in [0.1, 0.15) is 0 Å². The number of hydrogen-bond donors (Lipinski definition) is 2. The Morgan fingerprint density at radius 3 is 3.14 bits per heavy atom. The molecule has 0 bridgehead atoms. The molecule has 2 aliphatic rings. The van der Waals surface area contributed by atoms with Gasteiger partial charge < -0.3 is 5.32 Å². The van der Waals surface area contributed by atoms with Gasteiger partial charge in [0.25, 0.3) is 5.70 Å². The number of nitro groups is 1. The van der Waals surface area contributed by atoms with Crippen LogP contribution in [0.5, 0.6) is 0 Å². The van der Waals surface area contributed by atoms with Crippen molar-refractivity contribution in [3.8, 4) is 0 Å². The molecule has 0 fully saturated rings. The average Bonchev–Trinajstić information content (AvgIpc) is 2.64. The fourth-order valence-electron chi connectivity index (χ4n) is 1.37. The Labute approximate surface area is 79.2 Å². The van der Waals surface area contributed by atoms with Crippen molar-refractivity contribution in [3.63, 3.8) is 0 Å². The van der Waals surface area contributed by atoms with Gasteiger partial charge in [-0.1, -0.05) is 5.16 Å². The molecule has 0 aromatic rings. The van der Waals surface area contributed by atoms with Crippen LogP contribution < -0.4 is 10.8 Å². The van der Waals surface area contributed by atoms with E-state index in [1.807, 2.05) is 0 Å². The largest absolute Gasteiger partial charge is 0.386 e. The highest BCUT2D eigenvalue weighted by Crippen LogP contribution is 2.19. The minimum absolute atomic E-state index is 0.0280. The standard InChI is InChI=1S/C7H8N4O3/c1-8-4-2-3-5(11(12)13)7-6(4)9-14-10-7/h2-3,7-8,10H,1H3. The summed E-state index contributed by atoms with van der Waals surface area (Å²) < 4.78 is 0. The highest BCUT2D eigenvalue weighted by Gasteiger charge is 2.38. The molecule has 0 saturated carbocycles. The first-order chi connectivity index (χ1) is 6.74. The van der Waals surface area contributed by atoms with Crippen molar-refractivity contribution >= 4 is 5.71 Å². The lowest BCUT2D eigenvalue weighted by Crippen LogP contribution is -2.39. The predicted octanol–water partition coefficient (Wildman–Crippen LogP) is -0.477. The van der Waals surface area contributed by atoms with Gasteiger partial charge in [-0.2, -0.15) is 0 Å². The minimum atomic E-state index is -0.586. The topological polar surface area (TPSA) is 88.8 Å². The first-order valence-corrected chi connectivity index (χ1v) is 3.98. The molecule has 1 aliphatic carbocycles. The van der Waals surface area contributed by atoms with E-state index in [0.717, 1.165) is 0 Å². The fraction of sp³-hybridized carbons (Fsp3) is 0.286. The molecule has 2 N–H and O–H groups in total. The van der Waals surface area contributed by atoms with Crippen LogP contribution in [0.25, 0.3) is 0 Å². The van der Waals surface area contributed by atoms with Gasteiger partial charge >= 0.3 is 0 Å². The van der Waals surface area contributed by atoms with Gasteiger partial charge in [0, 0.05) is 13.1 Å². The molecular formula is C7H8N4O3. The summed E-state index contributed by atoms with van der Waals surface area (Å²) >= 11 is 0. The second-order valence-corrected chi connectivity index (χ2v) is 2.80. The van der Waals surface area contributed by atoms with Crippen molar-refractivity contribution in [3.05, 3.63) is 33.7 Å². The molecule has 1 unspecified atom stereocenters. The minimum Gasteiger partial charge on any atom is -0.386 e. The Bertz CT molecular complexity index is 371. The summed E-state index contributed by atoms with van der Waals surface area (Å²) in [4.78, 5) is 14.8. The molecule has 14 heavy (non-hydrogen) atoms. The molecule has 7 nitrogen and oxygen atoms in total. The quantitative estimate of drug-likeness (QED) is 0.460. The molecule has 74 valence electrons. The second kappa shape index (κ2) is 3.11. The van der Waals surface area contributed by atoms with E-state index in [9.17, 15) is 10.1 Å². The smallest absolute Gasteiger partial charge is 0.272 e. The van der Waals surface area contributed by atoms with Gasteiger partial charge in [0.2, 0.25) is 0 Å². The summed E-state index contributed by atoms with van der Waals surface area (Å²) in [7, 11) is 1.72. The fourth-order valence-corrected chi connectivity index (χ4v) is 1.37. The van der Waals surface area contributed by atoms with E-state index in [4.69, 9.17) is 0 Å². The summed E-state index contributed by atoms with van der Waals surface area (Å²) in [5, 5.41) is 17.2. The van der Waals surface area contributed by atoms with E-state index >= 15 is 0 Å². The Balaban J connectivity index is 2.40. The van der Waals surface area contributed by atoms with Crippen molar-refractivity contribution in [1.82, 2.24) is 10.8 Å². The van der Waals surface area contributed by atoms with Crippen LogP contribution in [0, 0.1) is 10.1 Å². The molecular weight excluding hydrogens is 188 g/mol. The van der Waals surface area contributed by atoms with E-state index in [2.05, 4.69) is 20.9 Å². The zero-order valence-corrected chi connectivity index (χ0v) is 7.35. The van der Waals surface area contributed by atoms with Crippen molar-refractivity contribution in [2.24, 2.45) is 5.16 Å². The zero-order chi connectivity index (χ0) is 10.1. The van der Waals surface area contributed by atoms with E-state index < -0.39 is 11.0 Å². The number of allylic oxidation sites excluding steroid dienone is 2. The van der Waals surface area contributed by atoms with Gasteiger partial charge in [0.15, 0.2) is 6.04 Å². The van der Waals surface area contributed by atoms with Crippen LogP contribution >= 0.6 is 0 Å². The summed E-state index contributed by atoms with van der Waals surface area (Å²) in [5.74, 6) is 0. The number of hydroxylamine groups is 1. The van der Waals surface area contributed by atoms with Crippen LogP contribution in [0.2, 0.25) is 0 Å². The van der Waals surface area contributed by atoms with Crippen molar-refractivity contribution in [1.29, 1.82) is 0 Å². The number of rotatable bonds is 2. The molecule has 1 aliphatic heterocycles. The van der Waals surface area contributed by atoms with E-state index in [1.165, 1.54) is 6.08 Å². The summed E-state index contributed by atoms with van der Waals surface area (Å²) in [6.45, 7) is 0. The van der Waals surface area contributed by atoms with E-state index in [0.29, 0.717) is 11.4 Å². The van der Waals surface area contributed by atoms with Gasteiger partial charge in [0.1, 0.15) is 5.71 Å². The predicted molar refractivity (Wildman–Crippen MR) is 47.7 cm³/mol. The first-order valence-electron chi connectivity index (χ1n) is 3.98. The van der Waals surface area contributed by atoms with Gasteiger partial charge in [-0.15, -0.1) is 5.48 Å². The maximum absolute atomic E-state index is 10.6. The van der Waals surface area contributed by atoms with Crippen LogP contribution in [0.3, 0.4) is 0 Å². The molecule has 1 atom stereocenters. The molecule has 0 amide bonds. The average molecular weight is 196 g/mol. The van der Waals surface area contributed by atoms with Crippen molar-refractivity contribution in [2.45, 2.75) is 6.04 Å². The number of hydrogen-bond acceptors (Lipinski definition) is 6. The van der Waals surface area contributed by atoms with Crippen molar-refractivity contribution < 1.29 is 9.86 Å². The third-order valence-corrected chi connectivity index (χ3v) is 2.06. The lowest BCUT2D eigenvalue weighted by Gasteiger charge is -2.13. The Morgan fingerprint density at radius 2 is 2.50 bits per heavy atom. The molecule has 2 rings (SSSR count). The maximum Gasteiger partial charge on any atom is 0.272 e. The van der Waals surface area contributed by atoms with Gasteiger partial charge in [0.05, 0.1) is 10.6 Å². The molecule has 1 heterocycles. The number of nitrogens with zero attached hydrogens (tertiary/aromatic N) is 2. The van der Waals surface area contributed by atoms with Crippen LogP contribution in [0.15, 0.2) is 28.7 Å². The maximum atomic E-state index is 10.6. The first kappa shape index (κ1) is 8.70. The number of fused-ring (bicyclic) bond motifs is 1. The van der Waals surface area contributed by atoms with Crippen LogP contribution in [-0.2, 0) is 4.94 Å². The second-order valence-electron chi connectivity index (χ2n) is 2.80. The summed E-state index contributed by atoms with van der Waals surface area (Å²) in [6.07, 6.45) is 3.03. The lowest BCUT2D eigenvalue weighted by molar-refractivity contribution is -0.429. The lowest BCUT2D eigenvalue weighted by atomic mass is 10.0. The third-order valence-electron chi connectivity index (χ3n) is 2.06. The third kappa shape index (κ3) is 1.14.